The Morgan fingerprint density at radius 3 is 2.42 bits per heavy atom. The summed E-state index contributed by atoms with van der Waals surface area (Å²) in [6.45, 7) is 0.597. The largest absolute Gasteiger partial charge is 0.497 e. The van der Waals surface area contributed by atoms with Crippen molar-refractivity contribution in [3.8, 4) is 5.75 Å². The van der Waals surface area contributed by atoms with Gasteiger partial charge in [0.15, 0.2) is 0 Å². The molecule has 4 aromatic rings. The monoisotopic (exact) mass is 347 g/mol. The van der Waals surface area contributed by atoms with E-state index in [0.29, 0.717) is 6.54 Å². The lowest BCUT2D eigenvalue weighted by Crippen LogP contribution is -2.05. The van der Waals surface area contributed by atoms with Crippen molar-refractivity contribution in [3.63, 3.8) is 0 Å². The van der Waals surface area contributed by atoms with Crippen molar-refractivity contribution in [1.82, 2.24) is 9.55 Å². The number of halogens is 1. The predicted molar refractivity (Wildman–Crippen MR) is 102 cm³/mol. The molecule has 0 saturated carbocycles. The van der Waals surface area contributed by atoms with Crippen LogP contribution in [0.1, 0.15) is 5.56 Å². The summed E-state index contributed by atoms with van der Waals surface area (Å²) in [5.74, 6) is 1.30. The molecule has 4 nitrogen and oxygen atoms in total. The van der Waals surface area contributed by atoms with Crippen LogP contribution in [-0.4, -0.2) is 16.7 Å². The topological polar surface area (TPSA) is 39.1 Å². The highest BCUT2D eigenvalue weighted by Gasteiger charge is 2.11. The minimum absolute atomic E-state index is 0.235. The van der Waals surface area contributed by atoms with Crippen molar-refractivity contribution in [3.05, 3.63) is 84.2 Å². The van der Waals surface area contributed by atoms with Gasteiger partial charge < -0.3 is 14.6 Å². The van der Waals surface area contributed by atoms with Gasteiger partial charge >= 0.3 is 0 Å². The Morgan fingerprint density at radius 1 is 0.962 bits per heavy atom. The first-order valence-electron chi connectivity index (χ1n) is 8.34. The number of ether oxygens (including phenoxy) is 1. The summed E-state index contributed by atoms with van der Waals surface area (Å²) in [5.41, 5.74) is 3.85. The molecule has 0 aliphatic rings. The third kappa shape index (κ3) is 3.24. The van der Waals surface area contributed by atoms with Gasteiger partial charge in [-0.3, -0.25) is 0 Å². The van der Waals surface area contributed by atoms with E-state index in [2.05, 4.69) is 9.88 Å². The van der Waals surface area contributed by atoms with Crippen molar-refractivity contribution >= 4 is 22.7 Å². The normalized spacial score (nSPS) is 10.8. The van der Waals surface area contributed by atoms with Gasteiger partial charge in [-0.1, -0.05) is 24.3 Å². The fourth-order valence-electron chi connectivity index (χ4n) is 2.91. The van der Waals surface area contributed by atoms with Crippen LogP contribution in [0.2, 0.25) is 0 Å². The molecule has 0 unspecified atom stereocenters. The number of aromatic nitrogens is 2. The van der Waals surface area contributed by atoms with Gasteiger partial charge in [0.05, 0.1) is 24.7 Å². The average molecular weight is 347 g/mol. The Labute approximate surface area is 150 Å². The summed E-state index contributed by atoms with van der Waals surface area (Å²) < 4.78 is 20.5. The molecule has 0 bridgehead atoms. The van der Waals surface area contributed by atoms with Crippen LogP contribution in [0.15, 0.2) is 72.8 Å². The number of fused-ring (bicyclic) bond motifs is 1. The van der Waals surface area contributed by atoms with E-state index >= 15 is 0 Å². The maximum absolute atomic E-state index is 13.2. The minimum Gasteiger partial charge on any atom is -0.497 e. The molecule has 3 aromatic carbocycles. The lowest BCUT2D eigenvalue weighted by atomic mass is 10.2. The smallest absolute Gasteiger partial charge is 0.208 e. The number of imidazole rings is 1. The Balaban J connectivity index is 1.71. The first-order chi connectivity index (χ1) is 12.7. The molecule has 1 heterocycles. The lowest BCUT2D eigenvalue weighted by Gasteiger charge is -2.11. The summed E-state index contributed by atoms with van der Waals surface area (Å²) in [6.07, 6.45) is 0. The van der Waals surface area contributed by atoms with E-state index in [1.807, 2.05) is 48.5 Å². The zero-order chi connectivity index (χ0) is 17.9. The quantitative estimate of drug-likeness (QED) is 0.554. The molecule has 5 heteroatoms. The molecule has 26 heavy (non-hydrogen) atoms. The Morgan fingerprint density at radius 2 is 1.69 bits per heavy atom. The molecule has 0 amide bonds. The Kier molecular flexibility index (Phi) is 4.27. The number of benzene rings is 3. The number of anilines is 2. The number of hydrogen-bond donors (Lipinski definition) is 1. The van der Waals surface area contributed by atoms with Crippen LogP contribution in [0.25, 0.3) is 11.0 Å². The van der Waals surface area contributed by atoms with Crippen LogP contribution in [0.4, 0.5) is 16.0 Å². The summed E-state index contributed by atoms with van der Waals surface area (Å²) in [6, 6.07) is 22.2. The highest BCUT2D eigenvalue weighted by atomic mass is 19.1. The summed E-state index contributed by atoms with van der Waals surface area (Å²) >= 11 is 0. The molecule has 1 N–H and O–H groups in total. The van der Waals surface area contributed by atoms with Gasteiger partial charge in [0.25, 0.3) is 0 Å². The second-order valence-corrected chi connectivity index (χ2v) is 5.99. The minimum atomic E-state index is -0.235. The predicted octanol–water partition coefficient (Wildman–Crippen LogP) is 4.98. The zero-order valence-electron chi connectivity index (χ0n) is 14.3. The summed E-state index contributed by atoms with van der Waals surface area (Å²) in [4.78, 5) is 4.71. The van der Waals surface area contributed by atoms with E-state index < -0.39 is 0 Å². The molecule has 0 fully saturated rings. The Hall–Kier alpha value is -3.34. The molecule has 1 aromatic heterocycles. The maximum Gasteiger partial charge on any atom is 0.208 e. The van der Waals surface area contributed by atoms with E-state index in [4.69, 9.17) is 9.72 Å². The number of rotatable bonds is 5. The van der Waals surface area contributed by atoms with Gasteiger partial charge in [0, 0.05) is 5.69 Å². The SMILES string of the molecule is COc1ccc(Nc2nc3ccccc3n2Cc2ccc(F)cc2)cc1. The molecule has 4 rings (SSSR count). The summed E-state index contributed by atoms with van der Waals surface area (Å²) in [7, 11) is 1.64. The number of para-hydroxylation sites is 2. The molecule has 0 saturated heterocycles. The van der Waals surface area contributed by atoms with Crippen LogP contribution >= 0.6 is 0 Å². The van der Waals surface area contributed by atoms with Gasteiger partial charge in [-0.15, -0.1) is 0 Å². The molecule has 0 atom stereocenters. The van der Waals surface area contributed by atoms with Crippen LogP contribution in [0.3, 0.4) is 0 Å². The number of hydrogen-bond acceptors (Lipinski definition) is 3. The van der Waals surface area contributed by atoms with Crippen LogP contribution < -0.4 is 10.1 Å². The standard InChI is InChI=1S/C21H18FN3O/c1-26-18-12-10-17(11-13-18)23-21-24-19-4-2-3-5-20(19)25(21)14-15-6-8-16(22)9-7-15/h2-13H,14H2,1H3,(H,23,24). The van der Waals surface area contributed by atoms with E-state index in [-0.39, 0.29) is 5.82 Å². The fraction of sp³-hybridized carbons (Fsp3) is 0.0952. The molecule has 130 valence electrons. The van der Waals surface area contributed by atoms with Crippen molar-refractivity contribution < 1.29 is 9.13 Å². The third-order valence-corrected chi connectivity index (χ3v) is 4.25. The molecular weight excluding hydrogens is 329 g/mol. The van der Waals surface area contributed by atoms with E-state index in [9.17, 15) is 4.39 Å². The van der Waals surface area contributed by atoms with Crippen molar-refractivity contribution in [2.75, 3.05) is 12.4 Å². The molecule has 0 spiro atoms. The van der Waals surface area contributed by atoms with E-state index in [0.717, 1.165) is 34.0 Å². The van der Waals surface area contributed by atoms with Crippen LogP contribution in [0, 0.1) is 5.82 Å². The highest BCUT2D eigenvalue weighted by molar-refractivity contribution is 5.79. The van der Waals surface area contributed by atoms with Crippen molar-refractivity contribution in [2.45, 2.75) is 6.54 Å². The zero-order valence-corrected chi connectivity index (χ0v) is 14.3. The van der Waals surface area contributed by atoms with Gasteiger partial charge in [0.2, 0.25) is 5.95 Å². The summed E-state index contributed by atoms with van der Waals surface area (Å²) in [5, 5.41) is 3.37. The van der Waals surface area contributed by atoms with Crippen molar-refractivity contribution in [1.29, 1.82) is 0 Å². The number of nitrogens with one attached hydrogen (secondary N) is 1. The molecule has 0 aliphatic carbocycles. The van der Waals surface area contributed by atoms with Gasteiger partial charge in [-0.25, -0.2) is 9.37 Å². The van der Waals surface area contributed by atoms with Crippen LogP contribution in [0.5, 0.6) is 5.75 Å². The first-order valence-corrected chi connectivity index (χ1v) is 8.34. The molecule has 0 radical (unpaired) electrons. The lowest BCUT2D eigenvalue weighted by molar-refractivity contribution is 0.415. The van der Waals surface area contributed by atoms with Gasteiger partial charge in [0.1, 0.15) is 11.6 Å². The molecule has 0 aliphatic heterocycles. The second kappa shape index (κ2) is 6.88. The molecular formula is C21H18FN3O. The number of methoxy groups -OCH3 is 1. The van der Waals surface area contributed by atoms with Gasteiger partial charge in [-0.2, -0.15) is 0 Å². The maximum atomic E-state index is 13.2. The number of nitrogens with zero attached hydrogens (tertiary/aromatic N) is 2. The first kappa shape index (κ1) is 16.1. The van der Waals surface area contributed by atoms with E-state index in [1.165, 1.54) is 12.1 Å². The van der Waals surface area contributed by atoms with Crippen molar-refractivity contribution in [2.24, 2.45) is 0 Å². The second-order valence-electron chi connectivity index (χ2n) is 5.99. The third-order valence-electron chi connectivity index (χ3n) is 4.25. The highest BCUT2D eigenvalue weighted by Crippen LogP contribution is 2.25. The van der Waals surface area contributed by atoms with Crippen LogP contribution in [-0.2, 0) is 6.54 Å². The average Bonchev–Trinajstić information content (AvgIpc) is 3.01. The van der Waals surface area contributed by atoms with Gasteiger partial charge in [-0.05, 0) is 54.1 Å². The van der Waals surface area contributed by atoms with E-state index in [1.54, 1.807) is 19.2 Å². The Bertz CT molecular complexity index is 1020. The fourth-order valence-corrected chi connectivity index (χ4v) is 2.91.